The Labute approximate surface area is 215 Å². The SMILES string of the molecule is CC1(C)c2cc(-c3ccc4c(c3)c3ccccc3n4-c3ccccc3)ccc2-c2[nH]c3ccccc3c21. The molecule has 0 atom stereocenters. The van der Waals surface area contributed by atoms with Crippen molar-refractivity contribution in [3.63, 3.8) is 0 Å². The summed E-state index contributed by atoms with van der Waals surface area (Å²) in [4.78, 5) is 3.71. The Hall–Kier alpha value is -4.56. The Morgan fingerprint density at radius 2 is 1.27 bits per heavy atom. The van der Waals surface area contributed by atoms with Crippen LogP contribution in [0.4, 0.5) is 0 Å². The summed E-state index contributed by atoms with van der Waals surface area (Å²) in [5.41, 5.74) is 12.7. The second-order valence-electron chi connectivity index (χ2n) is 10.7. The molecule has 0 fully saturated rings. The summed E-state index contributed by atoms with van der Waals surface area (Å²) < 4.78 is 2.37. The van der Waals surface area contributed by atoms with E-state index in [0.717, 1.165) is 0 Å². The second-order valence-corrected chi connectivity index (χ2v) is 10.7. The molecule has 1 N–H and O–H groups in total. The fourth-order valence-electron chi connectivity index (χ4n) is 6.59. The van der Waals surface area contributed by atoms with Gasteiger partial charge < -0.3 is 9.55 Å². The first-order valence-electron chi connectivity index (χ1n) is 13.0. The van der Waals surface area contributed by atoms with E-state index in [9.17, 15) is 0 Å². The molecular weight excluding hydrogens is 448 g/mol. The van der Waals surface area contributed by atoms with E-state index in [0.29, 0.717) is 0 Å². The van der Waals surface area contributed by atoms with Crippen molar-refractivity contribution in [3.8, 4) is 28.1 Å². The average molecular weight is 475 g/mol. The number of para-hydroxylation sites is 3. The van der Waals surface area contributed by atoms with Crippen LogP contribution in [-0.2, 0) is 5.41 Å². The van der Waals surface area contributed by atoms with Crippen LogP contribution < -0.4 is 0 Å². The van der Waals surface area contributed by atoms with Crippen LogP contribution in [0.5, 0.6) is 0 Å². The van der Waals surface area contributed by atoms with Gasteiger partial charge >= 0.3 is 0 Å². The topological polar surface area (TPSA) is 20.7 Å². The number of aromatic nitrogens is 2. The van der Waals surface area contributed by atoms with Crippen LogP contribution in [0.3, 0.4) is 0 Å². The van der Waals surface area contributed by atoms with Crippen molar-refractivity contribution in [2.75, 3.05) is 0 Å². The van der Waals surface area contributed by atoms with Crippen molar-refractivity contribution in [1.29, 1.82) is 0 Å². The predicted molar refractivity (Wildman–Crippen MR) is 156 cm³/mol. The molecule has 1 aliphatic carbocycles. The van der Waals surface area contributed by atoms with Gasteiger partial charge in [-0.3, -0.25) is 0 Å². The monoisotopic (exact) mass is 474 g/mol. The van der Waals surface area contributed by atoms with Crippen LogP contribution in [0.25, 0.3) is 60.8 Å². The number of hydrogen-bond donors (Lipinski definition) is 1. The molecule has 37 heavy (non-hydrogen) atoms. The van der Waals surface area contributed by atoms with Crippen LogP contribution in [-0.4, -0.2) is 9.55 Å². The number of fused-ring (bicyclic) bond motifs is 8. The van der Waals surface area contributed by atoms with Crippen molar-refractivity contribution >= 4 is 32.7 Å². The molecule has 0 saturated heterocycles. The van der Waals surface area contributed by atoms with Crippen molar-refractivity contribution < 1.29 is 0 Å². The van der Waals surface area contributed by atoms with Gasteiger partial charge in [0, 0.05) is 38.3 Å². The lowest BCUT2D eigenvalue weighted by Crippen LogP contribution is -2.15. The Morgan fingerprint density at radius 3 is 2.14 bits per heavy atom. The van der Waals surface area contributed by atoms with Crippen LogP contribution in [0.1, 0.15) is 25.0 Å². The van der Waals surface area contributed by atoms with Crippen molar-refractivity contribution in [2.24, 2.45) is 0 Å². The van der Waals surface area contributed by atoms with E-state index in [1.807, 2.05) is 0 Å². The Morgan fingerprint density at radius 1 is 0.595 bits per heavy atom. The molecule has 0 aliphatic heterocycles. The highest BCUT2D eigenvalue weighted by Crippen LogP contribution is 2.52. The van der Waals surface area contributed by atoms with Crippen LogP contribution in [0.15, 0.2) is 115 Å². The van der Waals surface area contributed by atoms with Gasteiger partial charge in [-0.05, 0) is 64.7 Å². The number of rotatable bonds is 2. The average Bonchev–Trinajstić information content (AvgIpc) is 3.56. The molecule has 176 valence electrons. The zero-order valence-electron chi connectivity index (χ0n) is 20.9. The molecule has 0 spiro atoms. The molecule has 0 unspecified atom stereocenters. The number of nitrogens with one attached hydrogen (secondary N) is 1. The molecule has 0 radical (unpaired) electrons. The predicted octanol–water partition coefficient (Wildman–Crippen LogP) is 9.24. The minimum atomic E-state index is -0.0618. The summed E-state index contributed by atoms with van der Waals surface area (Å²) in [7, 11) is 0. The van der Waals surface area contributed by atoms with Gasteiger partial charge in [0.05, 0.1) is 16.7 Å². The lowest BCUT2D eigenvalue weighted by atomic mass is 9.80. The smallest absolute Gasteiger partial charge is 0.0541 e. The molecule has 5 aromatic carbocycles. The van der Waals surface area contributed by atoms with E-state index in [1.54, 1.807) is 0 Å². The summed E-state index contributed by atoms with van der Waals surface area (Å²) in [6.45, 7) is 4.72. The van der Waals surface area contributed by atoms with Gasteiger partial charge in [0.15, 0.2) is 0 Å². The first kappa shape index (κ1) is 20.6. The van der Waals surface area contributed by atoms with E-state index >= 15 is 0 Å². The fourth-order valence-corrected chi connectivity index (χ4v) is 6.59. The number of benzene rings is 5. The van der Waals surface area contributed by atoms with Gasteiger partial charge in [-0.1, -0.05) is 86.6 Å². The normalized spacial score (nSPS) is 13.9. The van der Waals surface area contributed by atoms with Crippen molar-refractivity contribution in [3.05, 3.63) is 126 Å². The zero-order valence-corrected chi connectivity index (χ0v) is 20.9. The van der Waals surface area contributed by atoms with Gasteiger partial charge in [0.1, 0.15) is 0 Å². The molecule has 0 amide bonds. The molecule has 0 saturated carbocycles. The van der Waals surface area contributed by atoms with Crippen molar-refractivity contribution in [2.45, 2.75) is 19.3 Å². The first-order chi connectivity index (χ1) is 18.1. The number of aromatic amines is 1. The van der Waals surface area contributed by atoms with E-state index < -0.39 is 0 Å². The molecule has 2 aromatic heterocycles. The standard InChI is InChI=1S/C35H26N2/c1-35(2)29-21-23(16-18-26(29)34-33(35)27-13-6-8-14-30(27)36-34)22-17-19-32-28(20-22)25-12-7-9-15-31(25)37(32)24-10-4-3-5-11-24/h3-21,36H,1-2H3. The molecule has 2 nitrogen and oxygen atoms in total. The Kier molecular flexibility index (Phi) is 4.03. The lowest BCUT2D eigenvalue weighted by molar-refractivity contribution is 0.667. The van der Waals surface area contributed by atoms with E-state index in [-0.39, 0.29) is 5.41 Å². The van der Waals surface area contributed by atoms with E-state index in [4.69, 9.17) is 0 Å². The molecule has 8 rings (SSSR count). The molecular formula is C35H26N2. The maximum atomic E-state index is 3.71. The summed E-state index contributed by atoms with van der Waals surface area (Å²) in [6, 6.07) is 42.0. The maximum absolute atomic E-state index is 3.71. The number of nitrogens with zero attached hydrogens (tertiary/aromatic N) is 1. The van der Waals surface area contributed by atoms with Gasteiger partial charge in [0.2, 0.25) is 0 Å². The van der Waals surface area contributed by atoms with Crippen molar-refractivity contribution in [1.82, 2.24) is 9.55 Å². The van der Waals surface area contributed by atoms with Gasteiger partial charge in [-0.15, -0.1) is 0 Å². The molecule has 0 bridgehead atoms. The number of hydrogen-bond acceptors (Lipinski definition) is 0. The third-order valence-corrected chi connectivity index (χ3v) is 8.31. The van der Waals surface area contributed by atoms with Crippen LogP contribution in [0.2, 0.25) is 0 Å². The largest absolute Gasteiger partial charge is 0.354 e. The van der Waals surface area contributed by atoms with Gasteiger partial charge in [-0.2, -0.15) is 0 Å². The van der Waals surface area contributed by atoms with Gasteiger partial charge in [0.25, 0.3) is 0 Å². The van der Waals surface area contributed by atoms with E-state index in [2.05, 4.69) is 139 Å². The molecule has 2 heterocycles. The highest BCUT2D eigenvalue weighted by molar-refractivity contribution is 6.10. The Balaban J connectivity index is 1.32. The quantitative estimate of drug-likeness (QED) is 0.258. The van der Waals surface area contributed by atoms with Crippen LogP contribution in [0, 0.1) is 0 Å². The molecule has 7 aromatic rings. The minimum Gasteiger partial charge on any atom is -0.354 e. The minimum absolute atomic E-state index is 0.0618. The third kappa shape index (κ3) is 2.76. The maximum Gasteiger partial charge on any atom is 0.0541 e. The molecule has 2 heteroatoms. The van der Waals surface area contributed by atoms with Gasteiger partial charge in [-0.25, -0.2) is 0 Å². The fraction of sp³-hybridized carbons (Fsp3) is 0.0857. The van der Waals surface area contributed by atoms with Crippen LogP contribution >= 0.6 is 0 Å². The summed E-state index contributed by atoms with van der Waals surface area (Å²) >= 11 is 0. The number of H-pyrrole nitrogens is 1. The summed E-state index contributed by atoms with van der Waals surface area (Å²) in [5.74, 6) is 0. The van der Waals surface area contributed by atoms with E-state index in [1.165, 1.54) is 71.9 Å². The summed E-state index contributed by atoms with van der Waals surface area (Å²) in [5, 5.41) is 3.90. The highest BCUT2D eigenvalue weighted by Gasteiger charge is 2.38. The lowest BCUT2D eigenvalue weighted by Gasteiger charge is -2.22. The zero-order chi connectivity index (χ0) is 24.7. The Bertz CT molecular complexity index is 2000. The molecule has 1 aliphatic rings. The summed E-state index contributed by atoms with van der Waals surface area (Å²) in [6.07, 6.45) is 0. The first-order valence-corrected chi connectivity index (χ1v) is 13.0. The third-order valence-electron chi connectivity index (χ3n) is 8.31. The second kappa shape index (κ2) is 7.24. The highest BCUT2D eigenvalue weighted by atomic mass is 15.0.